The summed E-state index contributed by atoms with van der Waals surface area (Å²) < 4.78 is 0. The molecule has 0 radical (unpaired) electrons. The van der Waals surface area contributed by atoms with Crippen LogP contribution in [-0.4, -0.2) is 23.8 Å². The lowest BCUT2D eigenvalue weighted by molar-refractivity contribution is -0.135. The first kappa shape index (κ1) is 17.3. The minimum Gasteiger partial charge on any atom is -0.369 e. The molecule has 5 heteroatoms. The van der Waals surface area contributed by atoms with Crippen molar-refractivity contribution in [2.24, 2.45) is 16.1 Å². The van der Waals surface area contributed by atoms with E-state index >= 15 is 0 Å². The highest BCUT2D eigenvalue weighted by atomic mass is 16.2. The summed E-state index contributed by atoms with van der Waals surface area (Å²) in [6.45, 7) is 4.18. The molecule has 0 aromatic heterocycles. The normalized spacial score (nSPS) is 23.1. The Morgan fingerprint density at radius 3 is 2.59 bits per heavy atom. The van der Waals surface area contributed by atoms with E-state index in [0.717, 1.165) is 35.1 Å². The Hall–Kier alpha value is -3.13. The third-order valence-electron chi connectivity index (χ3n) is 6.06. The average molecular weight is 358 g/mol. The summed E-state index contributed by atoms with van der Waals surface area (Å²) in [5.74, 6) is 0.187. The second kappa shape index (κ2) is 5.68. The van der Waals surface area contributed by atoms with Gasteiger partial charge in [0.1, 0.15) is 0 Å². The smallest absolute Gasteiger partial charge is 0.262 e. The largest absolute Gasteiger partial charge is 0.369 e. The number of benzene rings is 2. The van der Waals surface area contributed by atoms with Gasteiger partial charge in [-0.1, -0.05) is 38.1 Å². The van der Waals surface area contributed by atoms with Gasteiger partial charge in [0.15, 0.2) is 11.5 Å². The standard InChI is InChI=1S/C22H22N4O/c1-21(2)10-9-15-7-8-17(16-6-4-5-14(11-16)13-23)12-18(15)22(21)19(27)26(3)20(24)25-22/h4-8,11-12H,9-10H2,1-3H3,(H2,24,25). The van der Waals surface area contributed by atoms with E-state index in [0.29, 0.717) is 5.56 Å². The maximum atomic E-state index is 13.3. The van der Waals surface area contributed by atoms with Gasteiger partial charge in [0.05, 0.1) is 11.6 Å². The van der Waals surface area contributed by atoms with E-state index in [4.69, 9.17) is 10.7 Å². The number of guanidine groups is 1. The maximum absolute atomic E-state index is 13.3. The average Bonchev–Trinajstić information content (AvgIpc) is 2.90. The van der Waals surface area contributed by atoms with E-state index in [1.54, 1.807) is 13.1 Å². The van der Waals surface area contributed by atoms with Crippen LogP contribution in [0.4, 0.5) is 0 Å². The summed E-state index contributed by atoms with van der Waals surface area (Å²) in [4.78, 5) is 19.5. The number of nitrogens with two attached hydrogens (primary N) is 1. The monoisotopic (exact) mass is 358 g/mol. The number of carbonyl (C=O) groups excluding carboxylic acids is 1. The summed E-state index contributed by atoms with van der Waals surface area (Å²) in [5.41, 5.74) is 9.31. The number of amides is 1. The molecule has 1 amide bonds. The molecule has 0 bridgehead atoms. The zero-order valence-electron chi connectivity index (χ0n) is 15.8. The summed E-state index contributed by atoms with van der Waals surface area (Å²) in [6, 6.07) is 15.9. The van der Waals surface area contributed by atoms with Crippen LogP contribution < -0.4 is 5.73 Å². The zero-order chi connectivity index (χ0) is 19.4. The number of rotatable bonds is 1. The lowest BCUT2D eigenvalue weighted by Gasteiger charge is -2.45. The highest BCUT2D eigenvalue weighted by Crippen LogP contribution is 2.54. The Kier molecular flexibility index (Phi) is 3.64. The molecule has 2 aromatic carbocycles. The third kappa shape index (κ3) is 2.30. The zero-order valence-corrected chi connectivity index (χ0v) is 15.8. The Balaban J connectivity index is 1.95. The van der Waals surface area contributed by atoms with Crippen molar-refractivity contribution in [3.63, 3.8) is 0 Å². The van der Waals surface area contributed by atoms with E-state index in [1.165, 1.54) is 4.90 Å². The molecular formula is C22H22N4O. The van der Waals surface area contributed by atoms with Gasteiger partial charge in [0.2, 0.25) is 0 Å². The van der Waals surface area contributed by atoms with Gasteiger partial charge in [-0.3, -0.25) is 9.69 Å². The van der Waals surface area contributed by atoms with E-state index in [9.17, 15) is 10.1 Å². The Bertz CT molecular complexity index is 1030. The highest BCUT2D eigenvalue weighted by molar-refractivity contribution is 6.07. The first-order valence-electron chi connectivity index (χ1n) is 9.07. The molecule has 27 heavy (non-hydrogen) atoms. The topological polar surface area (TPSA) is 82.5 Å². The molecule has 2 aromatic rings. The first-order chi connectivity index (χ1) is 12.8. The molecular weight excluding hydrogens is 336 g/mol. The van der Waals surface area contributed by atoms with Crippen molar-refractivity contribution in [3.05, 3.63) is 59.2 Å². The number of fused-ring (bicyclic) bond motifs is 2. The van der Waals surface area contributed by atoms with Gasteiger partial charge < -0.3 is 5.73 Å². The molecule has 2 N–H and O–H groups in total. The highest BCUT2D eigenvalue weighted by Gasteiger charge is 2.59. The van der Waals surface area contributed by atoms with Gasteiger partial charge in [-0.05, 0) is 53.3 Å². The third-order valence-corrected chi connectivity index (χ3v) is 6.06. The minimum absolute atomic E-state index is 0.0751. The van der Waals surface area contributed by atoms with Crippen LogP contribution in [0.3, 0.4) is 0 Å². The predicted octanol–water partition coefficient (Wildman–Crippen LogP) is 3.18. The van der Waals surface area contributed by atoms with Crippen LogP contribution in [0.5, 0.6) is 0 Å². The minimum atomic E-state index is -0.998. The molecule has 2 aliphatic rings. The number of nitriles is 1. The van der Waals surface area contributed by atoms with Crippen LogP contribution in [0, 0.1) is 16.7 Å². The fraction of sp³-hybridized carbons (Fsp3) is 0.318. The molecule has 0 saturated heterocycles. The quantitative estimate of drug-likeness (QED) is 0.850. The van der Waals surface area contributed by atoms with Crippen LogP contribution in [0.2, 0.25) is 0 Å². The lowest BCUT2D eigenvalue weighted by Crippen LogP contribution is -2.51. The van der Waals surface area contributed by atoms with Crippen molar-refractivity contribution in [2.45, 2.75) is 32.2 Å². The molecule has 1 heterocycles. The van der Waals surface area contributed by atoms with Crippen LogP contribution in [-0.2, 0) is 16.8 Å². The van der Waals surface area contributed by atoms with Crippen molar-refractivity contribution < 1.29 is 4.79 Å². The number of carbonyl (C=O) groups is 1. The molecule has 1 aliphatic carbocycles. The second-order valence-electron chi connectivity index (χ2n) is 7.99. The van der Waals surface area contributed by atoms with Crippen LogP contribution in [0.15, 0.2) is 47.5 Å². The fourth-order valence-corrected chi connectivity index (χ4v) is 4.33. The van der Waals surface area contributed by atoms with Crippen LogP contribution in [0.1, 0.15) is 37.0 Å². The van der Waals surface area contributed by atoms with E-state index < -0.39 is 5.54 Å². The number of nitrogens with zero attached hydrogens (tertiary/aromatic N) is 3. The van der Waals surface area contributed by atoms with Crippen LogP contribution in [0.25, 0.3) is 11.1 Å². The van der Waals surface area contributed by atoms with Crippen molar-refractivity contribution in [2.75, 3.05) is 7.05 Å². The van der Waals surface area contributed by atoms with Crippen LogP contribution >= 0.6 is 0 Å². The summed E-state index contributed by atoms with van der Waals surface area (Å²) in [6.07, 6.45) is 1.76. The number of hydrogen-bond donors (Lipinski definition) is 1. The van der Waals surface area contributed by atoms with Gasteiger partial charge >= 0.3 is 0 Å². The maximum Gasteiger partial charge on any atom is 0.262 e. The van der Waals surface area contributed by atoms with Crippen molar-refractivity contribution in [1.82, 2.24) is 4.90 Å². The molecule has 136 valence electrons. The number of hydrogen-bond acceptors (Lipinski definition) is 4. The van der Waals surface area contributed by atoms with Gasteiger partial charge in [0.25, 0.3) is 5.91 Å². The van der Waals surface area contributed by atoms with Gasteiger partial charge in [-0.15, -0.1) is 0 Å². The van der Waals surface area contributed by atoms with E-state index in [1.807, 2.05) is 18.2 Å². The first-order valence-corrected chi connectivity index (χ1v) is 9.07. The van der Waals surface area contributed by atoms with Crippen molar-refractivity contribution >= 4 is 11.9 Å². The number of aliphatic imine (C=N–C) groups is 1. The predicted molar refractivity (Wildman–Crippen MR) is 105 cm³/mol. The molecule has 1 atom stereocenters. The Morgan fingerprint density at radius 1 is 1.19 bits per heavy atom. The van der Waals surface area contributed by atoms with Gasteiger partial charge in [-0.2, -0.15) is 5.26 Å². The second-order valence-corrected chi connectivity index (χ2v) is 7.99. The van der Waals surface area contributed by atoms with Crippen molar-refractivity contribution in [3.8, 4) is 17.2 Å². The Morgan fingerprint density at radius 2 is 1.93 bits per heavy atom. The molecule has 0 fully saturated rings. The molecule has 4 rings (SSSR count). The Labute approximate surface area is 159 Å². The molecule has 1 spiro atoms. The molecule has 1 aliphatic heterocycles. The lowest BCUT2D eigenvalue weighted by atomic mass is 9.60. The summed E-state index contributed by atoms with van der Waals surface area (Å²) in [7, 11) is 1.68. The fourth-order valence-electron chi connectivity index (χ4n) is 4.33. The molecule has 0 saturated carbocycles. The van der Waals surface area contributed by atoms with E-state index in [2.05, 4.69) is 38.1 Å². The van der Waals surface area contributed by atoms with Gasteiger partial charge in [-0.25, -0.2) is 4.99 Å². The molecule has 5 nitrogen and oxygen atoms in total. The number of aryl methyl sites for hydroxylation is 1. The molecule has 1 unspecified atom stereocenters. The summed E-state index contributed by atoms with van der Waals surface area (Å²) in [5, 5.41) is 9.20. The summed E-state index contributed by atoms with van der Waals surface area (Å²) >= 11 is 0. The van der Waals surface area contributed by atoms with Crippen molar-refractivity contribution in [1.29, 1.82) is 5.26 Å². The van der Waals surface area contributed by atoms with Gasteiger partial charge in [0, 0.05) is 12.5 Å². The number of likely N-dealkylation sites (N-methyl/N-ethyl adjacent to an activating group) is 1. The SMILES string of the molecule is CN1C(=O)C2(N=C1N)c1cc(-c3cccc(C#N)c3)ccc1CCC2(C)C. The van der Waals surface area contributed by atoms with E-state index in [-0.39, 0.29) is 17.3 Å².